The van der Waals surface area contributed by atoms with Gasteiger partial charge in [0.1, 0.15) is 9.71 Å². The largest absolute Gasteiger partial charge is 0.397 e. The van der Waals surface area contributed by atoms with Crippen LogP contribution in [0.2, 0.25) is 0 Å². The highest BCUT2D eigenvalue weighted by molar-refractivity contribution is 7.21. The van der Waals surface area contributed by atoms with Crippen LogP contribution < -0.4 is 11.2 Å². The van der Waals surface area contributed by atoms with E-state index in [9.17, 15) is 4.79 Å². The molecule has 0 unspecified atom stereocenters. The molecule has 108 valence electrons. The summed E-state index contributed by atoms with van der Waals surface area (Å²) >= 11 is 1.37. The van der Waals surface area contributed by atoms with Crippen LogP contribution in [0.25, 0.3) is 10.2 Å². The number of nitrogen functional groups attached to an aromatic ring is 1. The molecule has 2 aromatic rings. The van der Waals surface area contributed by atoms with Crippen LogP contribution in [0.4, 0.5) is 5.69 Å². The molecule has 0 radical (unpaired) electrons. The SMILES string of the molecule is Cc1nn(C)c2sc(C(=O)NN3CCOCC3)c(N)c12. The molecule has 3 rings (SSSR count). The van der Waals surface area contributed by atoms with E-state index in [0.717, 1.165) is 15.9 Å². The number of nitrogens with two attached hydrogens (primary N) is 1. The highest BCUT2D eigenvalue weighted by atomic mass is 32.1. The van der Waals surface area contributed by atoms with E-state index in [1.807, 2.05) is 19.0 Å². The number of fused-ring (bicyclic) bond motifs is 1. The Hall–Kier alpha value is -1.64. The summed E-state index contributed by atoms with van der Waals surface area (Å²) in [6, 6.07) is 0. The van der Waals surface area contributed by atoms with E-state index in [1.54, 1.807) is 4.68 Å². The summed E-state index contributed by atoms with van der Waals surface area (Å²) < 4.78 is 7.01. The minimum atomic E-state index is -0.162. The van der Waals surface area contributed by atoms with Crippen molar-refractivity contribution in [2.24, 2.45) is 7.05 Å². The van der Waals surface area contributed by atoms with Crippen molar-refractivity contribution >= 4 is 33.1 Å². The number of hydrogen-bond acceptors (Lipinski definition) is 6. The topological polar surface area (TPSA) is 85.4 Å². The molecule has 7 nitrogen and oxygen atoms in total. The van der Waals surface area contributed by atoms with E-state index in [-0.39, 0.29) is 5.91 Å². The van der Waals surface area contributed by atoms with Gasteiger partial charge in [0.15, 0.2) is 0 Å². The number of rotatable bonds is 2. The molecule has 0 atom stereocenters. The molecule has 0 saturated carbocycles. The summed E-state index contributed by atoms with van der Waals surface area (Å²) in [6.45, 7) is 4.54. The second kappa shape index (κ2) is 5.04. The lowest BCUT2D eigenvalue weighted by Gasteiger charge is -2.26. The summed E-state index contributed by atoms with van der Waals surface area (Å²) in [5.74, 6) is -0.162. The highest BCUT2D eigenvalue weighted by Gasteiger charge is 2.22. The third-order valence-electron chi connectivity index (χ3n) is 3.36. The number of aryl methyl sites for hydroxylation is 2. The Balaban J connectivity index is 1.87. The Morgan fingerprint density at radius 2 is 2.15 bits per heavy atom. The van der Waals surface area contributed by atoms with Gasteiger partial charge in [-0.25, -0.2) is 5.01 Å². The van der Waals surface area contributed by atoms with Crippen LogP contribution in [-0.4, -0.2) is 47.0 Å². The number of carbonyl (C=O) groups excluding carboxylic acids is 1. The third-order valence-corrected chi connectivity index (χ3v) is 4.63. The zero-order valence-corrected chi connectivity index (χ0v) is 12.3. The van der Waals surface area contributed by atoms with Gasteiger partial charge >= 0.3 is 0 Å². The van der Waals surface area contributed by atoms with Gasteiger partial charge in [0.2, 0.25) is 0 Å². The smallest absolute Gasteiger partial charge is 0.277 e. The number of nitrogens with zero attached hydrogens (tertiary/aromatic N) is 3. The fourth-order valence-electron chi connectivity index (χ4n) is 2.37. The number of thiophene rings is 1. The first-order chi connectivity index (χ1) is 9.58. The second-order valence-corrected chi connectivity index (χ2v) is 5.77. The molecule has 3 heterocycles. The Morgan fingerprint density at radius 3 is 2.80 bits per heavy atom. The minimum absolute atomic E-state index is 0.162. The van der Waals surface area contributed by atoms with E-state index in [2.05, 4.69) is 10.5 Å². The van der Waals surface area contributed by atoms with Crippen molar-refractivity contribution in [1.29, 1.82) is 0 Å². The molecule has 1 amide bonds. The molecule has 20 heavy (non-hydrogen) atoms. The summed E-state index contributed by atoms with van der Waals surface area (Å²) in [7, 11) is 1.86. The molecule has 3 N–H and O–H groups in total. The normalized spacial score (nSPS) is 16.7. The number of aromatic nitrogens is 2. The van der Waals surface area contributed by atoms with Gasteiger partial charge in [0.25, 0.3) is 5.91 Å². The summed E-state index contributed by atoms with van der Waals surface area (Å²) in [6.07, 6.45) is 0. The molecule has 1 aliphatic rings. The van der Waals surface area contributed by atoms with Crippen LogP contribution in [0.3, 0.4) is 0 Å². The van der Waals surface area contributed by atoms with Crippen LogP contribution in [0.15, 0.2) is 0 Å². The van der Waals surface area contributed by atoms with Gasteiger partial charge in [-0.05, 0) is 6.92 Å². The molecule has 1 aliphatic heterocycles. The Kier molecular flexibility index (Phi) is 3.36. The molecular weight excluding hydrogens is 278 g/mol. The zero-order chi connectivity index (χ0) is 14.3. The zero-order valence-electron chi connectivity index (χ0n) is 11.5. The molecule has 0 aromatic carbocycles. The average molecular weight is 295 g/mol. The standard InChI is InChI=1S/C12H17N5O2S/c1-7-8-9(13)10(20-12(8)16(2)14-7)11(18)15-17-3-5-19-6-4-17/h3-6,13H2,1-2H3,(H,15,18). The molecule has 1 saturated heterocycles. The maximum atomic E-state index is 12.3. The van der Waals surface area contributed by atoms with Gasteiger partial charge in [0.05, 0.1) is 30.0 Å². The van der Waals surface area contributed by atoms with E-state index in [0.29, 0.717) is 36.9 Å². The Bertz CT molecular complexity index is 656. The lowest BCUT2D eigenvalue weighted by Crippen LogP contribution is -2.48. The fraction of sp³-hybridized carbons (Fsp3) is 0.500. The van der Waals surface area contributed by atoms with E-state index >= 15 is 0 Å². The quantitative estimate of drug-likeness (QED) is 0.843. The number of nitrogens with one attached hydrogen (secondary N) is 1. The van der Waals surface area contributed by atoms with Crippen molar-refractivity contribution in [2.45, 2.75) is 6.92 Å². The van der Waals surface area contributed by atoms with Crippen LogP contribution >= 0.6 is 11.3 Å². The maximum Gasteiger partial charge on any atom is 0.277 e. The van der Waals surface area contributed by atoms with Crippen molar-refractivity contribution in [3.63, 3.8) is 0 Å². The summed E-state index contributed by atoms with van der Waals surface area (Å²) in [5, 5.41) is 7.06. The third kappa shape index (κ3) is 2.15. The Morgan fingerprint density at radius 1 is 1.45 bits per heavy atom. The second-order valence-electron chi connectivity index (χ2n) is 4.77. The summed E-state index contributed by atoms with van der Waals surface area (Å²) in [5.41, 5.74) is 10.4. The molecule has 1 fully saturated rings. The average Bonchev–Trinajstić information content (AvgIpc) is 2.90. The van der Waals surface area contributed by atoms with Gasteiger partial charge in [-0.1, -0.05) is 0 Å². The number of amides is 1. The fourth-order valence-corrected chi connectivity index (χ4v) is 3.44. The molecule has 2 aromatic heterocycles. The number of anilines is 1. The van der Waals surface area contributed by atoms with E-state index in [1.165, 1.54) is 11.3 Å². The van der Waals surface area contributed by atoms with Gasteiger partial charge in [-0.3, -0.25) is 14.9 Å². The van der Waals surface area contributed by atoms with E-state index in [4.69, 9.17) is 10.5 Å². The lowest BCUT2D eigenvalue weighted by molar-refractivity contribution is 0.0128. The van der Waals surface area contributed by atoms with E-state index < -0.39 is 0 Å². The number of hydrazine groups is 1. The van der Waals surface area contributed by atoms with Gasteiger partial charge < -0.3 is 10.5 Å². The number of morpholine rings is 1. The number of ether oxygens (including phenoxy) is 1. The van der Waals surface area contributed by atoms with Crippen molar-refractivity contribution < 1.29 is 9.53 Å². The first-order valence-corrected chi connectivity index (χ1v) is 7.25. The molecule has 0 spiro atoms. The van der Waals surface area contributed by atoms with Crippen molar-refractivity contribution in [2.75, 3.05) is 32.0 Å². The predicted molar refractivity (Wildman–Crippen MR) is 77.6 cm³/mol. The first kappa shape index (κ1) is 13.3. The predicted octanol–water partition coefficient (Wildman–Crippen LogP) is 0.502. The highest BCUT2D eigenvalue weighted by Crippen LogP contribution is 2.35. The van der Waals surface area contributed by atoms with Gasteiger partial charge in [0, 0.05) is 20.1 Å². The first-order valence-electron chi connectivity index (χ1n) is 6.43. The minimum Gasteiger partial charge on any atom is -0.397 e. The lowest BCUT2D eigenvalue weighted by atomic mass is 10.2. The van der Waals surface area contributed by atoms with Crippen molar-refractivity contribution in [3.05, 3.63) is 10.6 Å². The Labute approximate surface area is 120 Å². The monoisotopic (exact) mass is 295 g/mol. The van der Waals surface area contributed by atoms with Gasteiger partial charge in [-0.15, -0.1) is 11.3 Å². The van der Waals surface area contributed by atoms with Crippen molar-refractivity contribution in [1.82, 2.24) is 20.2 Å². The molecule has 8 heteroatoms. The van der Waals surface area contributed by atoms with Crippen LogP contribution in [-0.2, 0) is 11.8 Å². The molecular formula is C12H17N5O2S. The molecule has 0 aliphatic carbocycles. The molecule has 0 bridgehead atoms. The van der Waals surface area contributed by atoms with Crippen molar-refractivity contribution in [3.8, 4) is 0 Å². The number of carbonyl (C=O) groups is 1. The maximum absolute atomic E-state index is 12.3. The van der Waals surface area contributed by atoms with Crippen LogP contribution in [0, 0.1) is 6.92 Å². The van der Waals surface area contributed by atoms with Gasteiger partial charge in [-0.2, -0.15) is 5.10 Å². The van der Waals surface area contributed by atoms with Crippen LogP contribution in [0.1, 0.15) is 15.4 Å². The summed E-state index contributed by atoms with van der Waals surface area (Å²) in [4.78, 5) is 13.8. The number of hydrogen-bond donors (Lipinski definition) is 2. The van der Waals surface area contributed by atoms with Crippen LogP contribution in [0.5, 0.6) is 0 Å².